The molecule has 0 radical (unpaired) electrons. The maximum Gasteiger partial charge on any atom is 0.405 e. The van der Waals surface area contributed by atoms with E-state index < -0.39 is 25.2 Å². The standard InChI is InChI=1S/C19H19BrF3N3O2/c1-13-4-3-5-16(18(13)25(2)15-8-6-14(20)7-9-15)26(12-27)10-17(28)24-11-19(21,22)23/h3-9,12H,10-11H2,1-2H3,(H,24,28). The van der Waals surface area contributed by atoms with Gasteiger partial charge < -0.3 is 15.1 Å². The second kappa shape index (κ2) is 9.09. The number of alkyl halides is 3. The number of anilines is 3. The van der Waals surface area contributed by atoms with Crippen LogP contribution in [0.5, 0.6) is 0 Å². The molecule has 1 N–H and O–H groups in total. The predicted octanol–water partition coefficient (Wildman–Crippen LogP) is 4.17. The lowest BCUT2D eigenvalue weighted by atomic mass is 10.1. The summed E-state index contributed by atoms with van der Waals surface area (Å²) in [5.74, 6) is -0.900. The number of rotatable bonds is 7. The average molecular weight is 458 g/mol. The van der Waals surface area contributed by atoms with Crippen molar-refractivity contribution in [2.75, 3.05) is 29.9 Å². The third kappa shape index (κ3) is 5.72. The smallest absolute Gasteiger partial charge is 0.345 e. The summed E-state index contributed by atoms with van der Waals surface area (Å²) in [7, 11) is 1.81. The number of halogens is 4. The van der Waals surface area contributed by atoms with Crippen molar-refractivity contribution >= 4 is 45.3 Å². The van der Waals surface area contributed by atoms with Gasteiger partial charge in [-0.15, -0.1) is 0 Å². The molecule has 0 spiro atoms. The Morgan fingerprint density at radius 1 is 1.18 bits per heavy atom. The van der Waals surface area contributed by atoms with Crippen LogP contribution in [0.3, 0.4) is 0 Å². The van der Waals surface area contributed by atoms with Crippen molar-refractivity contribution in [1.82, 2.24) is 5.32 Å². The highest BCUT2D eigenvalue weighted by Crippen LogP contribution is 2.36. The van der Waals surface area contributed by atoms with Gasteiger partial charge in [0.2, 0.25) is 12.3 Å². The van der Waals surface area contributed by atoms with Crippen molar-refractivity contribution in [3.8, 4) is 0 Å². The normalized spacial score (nSPS) is 11.1. The van der Waals surface area contributed by atoms with E-state index >= 15 is 0 Å². The number of amides is 2. The zero-order chi connectivity index (χ0) is 20.9. The third-order valence-corrected chi connectivity index (χ3v) is 4.53. The summed E-state index contributed by atoms with van der Waals surface area (Å²) in [6, 6.07) is 12.7. The zero-order valence-electron chi connectivity index (χ0n) is 15.3. The summed E-state index contributed by atoms with van der Waals surface area (Å²) in [5.41, 5.74) is 2.76. The van der Waals surface area contributed by atoms with Crippen LogP contribution in [0, 0.1) is 6.92 Å². The first-order valence-corrected chi connectivity index (χ1v) is 9.06. The molecule has 0 bridgehead atoms. The maximum absolute atomic E-state index is 12.3. The fourth-order valence-electron chi connectivity index (χ4n) is 2.69. The van der Waals surface area contributed by atoms with Crippen molar-refractivity contribution in [2.45, 2.75) is 13.1 Å². The van der Waals surface area contributed by atoms with Gasteiger partial charge in [0.05, 0.1) is 11.4 Å². The fourth-order valence-corrected chi connectivity index (χ4v) is 2.96. The first-order valence-electron chi connectivity index (χ1n) is 8.26. The highest BCUT2D eigenvalue weighted by molar-refractivity contribution is 9.10. The Morgan fingerprint density at radius 3 is 2.39 bits per heavy atom. The molecule has 0 heterocycles. The lowest BCUT2D eigenvalue weighted by Crippen LogP contribution is -2.41. The molecule has 0 aliphatic rings. The van der Waals surface area contributed by atoms with Crippen LogP contribution in [0.4, 0.5) is 30.2 Å². The molecule has 28 heavy (non-hydrogen) atoms. The number of hydrogen-bond donors (Lipinski definition) is 1. The SMILES string of the molecule is Cc1cccc(N(C=O)CC(=O)NCC(F)(F)F)c1N(C)c1ccc(Br)cc1. The highest BCUT2D eigenvalue weighted by Gasteiger charge is 2.28. The summed E-state index contributed by atoms with van der Waals surface area (Å²) < 4.78 is 37.8. The molecule has 9 heteroatoms. The Hall–Kier alpha value is -2.55. The molecule has 0 aromatic heterocycles. The number of para-hydroxylation sites is 1. The topological polar surface area (TPSA) is 52.7 Å². The first kappa shape index (κ1) is 21.7. The van der Waals surface area contributed by atoms with E-state index in [1.807, 2.05) is 49.2 Å². The summed E-state index contributed by atoms with van der Waals surface area (Å²) in [6.45, 7) is -0.122. The zero-order valence-corrected chi connectivity index (χ0v) is 16.8. The van der Waals surface area contributed by atoms with Crippen LogP contribution in [-0.4, -0.2) is 38.6 Å². The van der Waals surface area contributed by atoms with Crippen LogP contribution in [0.1, 0.15) is 5.56 Å². The van der Waals surface area contributed by atoms with E-state index in [1.165, 1.54) is 0 Å². The summed E-state index contributed by atoms with van der Waals surface area (Å²) in [4.78, 5) is 26.4. The van der Waals surface area contributed by atoms with Gasteiger partial charge in [-0.2, -0.15) is 13.2 Å². The molecule has 0 saturated carbocycles. The van der Waals surface area contributed by atoms with Crippen molar-refractivity contribution in [1.29, 1.82) is 0 Å². The van der Waals surface area contributed by atoms with Gasteiger partial charge in [-0.3, -0.25) is 9.59 Å². The maximum atomic E-state index is 12.3. The van der Waals surface area contributed by atoms with E-state index in [9.17, 15) is 22.8 Å². The lowest BCUT2D eigenvalue weighted by molar-refractivity contribution is -0.137. The molecule has 150 valence electrons. The molecule has 0 atom stereocenters. The van der Waals surface area contributed by atoms with Crippen molar-refractivity contribution in [2.24, 2.45) is 0 Å². The molecule has 5 nitrogen and oxygen atoms in total. The molecule has 0 aliphatic heterocycles. The predicted molar refractivity (Wildman–Crippen MR) is 106 cm³/mol. The van der Waals surface area contributed by atoms with Crippen LogP contribution >= 0.6 is 15.9 Å². The number of carbonyl (C=O) groups excluding carboxylic acids is 2. The monoisotopic (exact) mass is 457 g/mol. The van der Waals surface area contributed by atoms with E-state index in [1.54, 1.807) is 17.4 Å². The molecular formula is C19H19BrF3N3O2. The van der Waals surface area contributed by atoms with Gasteiger partial charge in [0, 0.05) is 17.2 Å². The number of benzene rings is 2. The molecule has 2 aromatic carbocycles. The fraction of sp³-hybridized carbons (Fsp3) is 0.263. The lowest BCUT2D eigenvalue weighted by Gasteiger charge is -2.28. The molecule has 2 aromatic rings. The number of nitrogens with zero attached hydrogens (tertiary/aromatic N) is 2. The highest BCUT2D eigenvalue weighted by atomic mass is 79.9. The molecular weight excluding hydrogens is 439 g/mol. The molecule has 0 unspecified atom stereocenters. The number of nitrogens with one attached hydrogen (secondary N) is 1. The van der Waals surface area contributed by atoms with E-state index in [2.05, 4.69) is 15.9 Å². The molecule has 2 rings (SSSR count). The van der Waals surface area contributed by atoms with E-state index in [4.69, 9.17) is 0 Å². The average Bonchev–Trinajstić information content (AvgIpc) is 2.64. The Bertz CT molecular complexity index is 841. The van der Waals surface area contributed by atoms with E-state index in [0.29, 0.717) is 17.8 Å². The minimum atomic E-state index is -4.52. The molecule has 2 amide bonds. The second-order valence-electron chi connectivity index (χ2n) is 6.10. The van der Waals surface area contributed by atoms with Gasteiger partial charge in [-0.25, -0.2) is 0 Å². The van der Waals surface area contributed by atoms with Crippen molar-refractivity contribution in [3.05, 3.63) is 52.5 Å². The van der Waals surface area contributed by atoms with Gasteiger partial charge in [0.15, 0.2) is 0 Å². The van der Waals surface area contributed by atoms with Crippen molar-refractivity contribution in [3.63, 3.8) is 0 Å². The Balaban J connectivity index is 2.31. The van der Waals surface area contributed by atoms with E-state index in [0.717, 1.165) is 20.6 Å². The van der Waals surface area contributed by atoms with Crippen LogP contribution in [0.15, 0.2) is 46.9 Å². The number of hydrogen-bond acceptors (Lipinski definition) is 3. The van der Waals surface area contributed by atoms with Gasteiger partial charge in [0.25, 0.3) is 0 Å². The summed E-state index contributed by atoms with van der Waals surface area (Å²) >= 11 is 3.37. The molecule has 0 saturated heterocycles. The largest absolute Gasteiger partial charge is 0.405 e. The number of carbonyl (C=O) groups is 2. The Labute approximate surface area is 169 Å². The Morgan fingerprint density at radius 2 is 1.82 bits per heavy atom. The van der Waals surface area contributed by atoms with Gasteiger partial charge in [-0.05, 0) is 42.8 Å². The molecule has 0 fully saturated rings. The van der Waals surface area contributed by atoms with Crippen LogP contribution in [-0.2, 0) is 9.59 Å². The minimum absolute atomic E-state index is 0.419. The number of aryl methyl sites for hydroxylation is 1. The van der Waals surface area contributed by atoms with Crippen LogP contribution in [0.2, 0.25) is 0 Å². The summed E-state index contributed by atoms with van der Waals surface area (Å²) in [5, 5.41) is 1.78. The van der Waals surface area contributed by atoms with Crippen LogP contribution < -0.4 is 15.1 Å². The van der Waals surface area contributed by atoms with Crippen LogP contribution in [0.25, 0.3) is 0 Å². The minimum Gasteiger partial charge on any atom is -0.345 e. The molecule has 0 aliphatic carbocycles. The Kier molecular flexibility index (Phi) is 7.06. The second-order valence-corrected chi connectivity index (χ2v) is 7.02. The first-order chi connectivity index (χ1) is 13.1. The quantitative estimate of drug-likeness (QED) is 0.634. The summed E-state index contributed by atoms with van der Waals surface area (Å²) in [6.07, 6.45) is -4.08. The van der Waals surface area contributed by atoms with Gasteiger partial charge in [-0.1, -0.05) is 28.1 Å². The van der Waals surface area contributed by atoms with E-state index in [-0.39, 0.29) is 0 Å². The van der Waals surface area contributed by atoms with Crippen molar-refractivity contribution < 1.29 is 22.8 Å². The van der Waals surface area contributed by atoms with Gasteiger partial charge in [0.1, 0.15) is 13.1 Å². The third-order valence-electron chi connectivity index (χ3n) is 4.00. The van der Waals surface area contributed by atoms with Gasteiger partial charge >= 0.3 is 6.18 Å².